The van der Waals surface area contributed by atoms with Crippen molar-refractivity contribution >= 4 is 27.4 Å². The van der Waals surface area contributed by atoms with E-state index in [1.54, 1.807) is 18.7 Å². The fourth-order valence-electron chi connectivity index (χ4n) is 2.27. The molecule has 8 heteroatoms. The Balaban J connectivity index is 2.11. The highest BCUT2D eigenvalue weighted by Crippen LogP contribution is 2.23. The number of anilines is 1. The van der Waals surface area contributed by atoms with E-state index >= 15 is 0 Å². The van der Waals surface area contributed by atoms with E-state index in [2.05, 4.69) is 9.71 Å². The van der Waals surface area contributed by atoms with Gasteiger partial charge in [0.05, 0.1) is 10.3 Å². The Morgan fingerprint density at radius 3 is 2.86 bits per heavy atom. The van der Waals surface area contributed by atoms with Crippen molar-refractivity contribution in [3.63, 3.8) is 0 Å². The van der Waals surface area contributed by atoms with Crippen molar-refractivity contribution in [1.82, 2.24) is 9.71 Å². The van der Waals surface area contributed by atoms with E-state index in [-0.39, 0.29) is 16.9 Å². The molecule has 5 nitrogen and oxygen atoms in total. The number of nitrogens with zero attached hydrogens (tertiary/aromatic N) is 2. The van der Waals surface area contributed by atoms with E-state index in [9.17, 15) is 12.8 Å². The highest BCUT2D eigenvalue weighted by atomic mass is 35.5. The third-order valence-electron chi connectivity index (χ3n) is 3.46. The molecular weight excluding hydrogens is 317 g/mol. The third kappa shape index (κ3) is 4.05. The normalized spacial score (nSPS) is 20.0. The van der Waals surface area contributed by atoms with Gasteiger partial charge < -0.3 is 4.90 Å². The second-order valence-corrected chi connectivity index (χ2v) is 8.16. The fourth-order valence-corrected chi connectivity index (χ4v) is 3.35. The molecule has 1 saturated heterocycles. The number of hydrogen-bond acceptors (Lipinski definition) is 4. The van der Waals surface area contributed by atoms with Gasteiger partial charge in [-0.15, -0.1) is 0 Å². The maximum absolute atomic E-state index is 13.9. The van der Waals surface area contributed by atoms with E-state index in [0.29, 0.717) is 13.1 Å². The van der Waals surface area contributed by atoms with Crippen LogP contribution in [0.5, 0.6) is 0 Å². The predicted octanol–water partition coefficient (Wildman–Crippen LogP) is 2.17. The second-order valence-electron chi connectivity index (χ2n) is 5.46. The molecule has 1 aliphatic heterocycles. The molecule has 0 aromatic carbocycles. The zero-order chi connectivity index (χ0) is 15.6. The van der Waals surface area contributed by atoms with Crippen molar-refractivity contribution < 1.29 is 12.8 Å². The van der Waals surface area contributed by atoms with Crippen LogP contribution in [0.1, 0.15) is 26.7 Å². The first kappa shape index (κ1) is 16.5. The van der Waals surface area contributed by atoms with E-state index in [1.807, 2.05) is 0 Å². The zero-order valence-electron chi connectivity index (χ0n) is 12.0. The minimum atomic E-state index is -3.33. The van der Waals surface area contributed by atoms with Gasteiger partial charge in [-0.05, 0) is 32.8 Å². The molecule has 21 heavy (non-hydrogen) atoms. The summed E-state index contributed by atoms with van der Waals surface area (Å²) in [5.41, 5.74) is 0. The van der Waals surface area contributed by atoms with Crippen molar-refractivity contribution in [1.29, 1.82) is 0 Å². The molecule has 0 saturated carbocycles. The lowest BCUT2D eigenvalue weighted by Gasteiger charge is -2.34. The number of halogens is 2. The molecule has 0 radical (unpaired) electrons. The molecule has 2 heterocycles. The summed E-state index contributed by atoms with van der Waals surface area (Å²) in [6.07, 6.45) is 2.90. The third-order valence-corrected chi connectivity index (χ3v) is 5.57. The van der Waals surface area contributed by atoms with E-state index < -0.39 is 21.1 Å². The number of pyridine rings is 1. The first-order valence-electron chi connectivity index (χ1n) is 6.86. The summed E-state index contributed by atoms with van der Waals surface area (Å²) in [6, 6.07) is 0.981. The van der Waals surface area contributed by atoms with Gasteiger partial charge in [0.2, 0.25) is 10.0 Å². The summed E-state index contributed by atoms with van der Waals surface area (Å²) >= 11 is 5.69. The molecule has 0 bridgehead atoms. The van der Waals surface area contributed by atoms with Gasteiger partial charge in [0.1, 0.15) is 0 Å². The molecule has 2 rings (SSSR count). The number of nitrogens with one attached hydrogen (secondary N) is 1. The summed E-state index contributed by atoms with van der Waals surface area (Å²) < 4.78 is 40.4. The van der Waals surface area contributed by atoms with Crippen molar-refractivity contribution in [3.8, 4) is 0 Å². The second kappa shape index (κ2) is 6.46. The van der Waals surface area contributed by atoms with Gasteiger partial charge >= 0.3 is 0 Å². The smallest absolute Gasteiger partial charge is 0.214 e. The Labute approximate surface area is 129 Å². The van der Waals surface area contributed by atoms with Gasteiger partial charge in [-0.1, -0.05) is 11.6 Å². The summed E-state index contributed by atoms with van der Waals surface area (Å²) in [5.74, 6) is -0.275. The average molecular weight is 336 g/mol. The number of hydrogen-bond donors (Lipinski definition) is 1. The summed E-state index contributed by atoms with van der Waals surface area (Å²) in [4.78, 5) is 5.76. The Morgan fingerprint density at radius 2 is 2.24 bits per heavy atom. The van der Waals surface area contributed by atoms with Crippen molar-refractivity contribution in [2.75, 3.05) is 18.0 Å². The number of rotatable bonds is 4. The van der Waals surface area contributed by atoms with Crippen LogP contribution in [0.4, 0.5) is 10.2 Å². The molecule has 1 N–H and O–H groups in total. The van der Waals surface area contributed by atoms with E-state index in [0.717, 1.165) is 12.8 Å². The predicted molar refractivity (Wildman–Crippen MR) is 81.6 cm³/mol. The highest BCUT2D eigenvalue weighted by Gasteiger charge is 2.27. The van der Waals surface area contributed by atoms with Gasteiger partial charge in [-0.25, -0.2) is 22.5 Å². The van der Waals surface area contributed by atoms with Crippen LogP contribution < -0.4 is 9.62 Å². The number of aromatic nitrogens is 1. The minimum absolute atomic E-state index is 0.216. The van der Waals surface area contributed by atoms with Crippen LogP contribution in [0.3, 0.4) is 0 Å². The van der Waals surface area contributed by atoms with Crippen LogP contribution in [0, 0.1) is 5.82 Å². The maximum atomic E-state index is 13.9. The summed E-state index contributed by atoms with van der Waals surface area (Å²) in [5, 5.41) is -0.247. The van der Waals surface area contributed by atoms with Crippen LogP contribution in [-0.4, -0.2) is 37.8 Å². The van der Waals surface area contributed by atoms with Gasteiger partial charge in [-0.2, -0.15) is 0 Å². The molecule has 1 aromatic heterocycles. The fraction of sp³-hybridized carbons (Fsp3) is 0.615. The van der Waals surface area contributed by atoms with Crippen LogP contribution in [0.15, 0.2) is 12.3 Å². The average Bonchev–Trinajstić information content (AvgIpc) is 2.38. The maximum Gasteiger partial charge on any atom is 0.214 e. The molecule has 118 valence electrons. The molecule has 1 atom stereocenters. The lowest BCUT2D eigenvalue weighted by atomic mass is 10.1. The molecular formula is C13H19ClFN3O2S. The standard InChI is InChI=1S/C13H19ClFN3O2S/c1-9(2)21(19,20)17-11-4-3-5-18(8-11)13-12(15)6-10(14)7-16-13/h6-7,9,11,17H,3-5,8H2,1-2H3. The Kier molecular flexibility index (Phi) is 5.06. The van der Waals surface area contributed by atoms with Crippen LogP contribution in [0.25, 0.3) is 0 Å². The molecule has 0 amide bonds. The molecule has 1 aliphatic rings. The summed E-state index contributed by atoms with van der Waals surface area (Å²) in [6.45, 7) is 4.30. The largest absolute Gasteiger partial charge is 0.353 e. The SMILES string of the molecule is CC(C)S(=O)(=O)NC1CCCN(c2ncc(Cl)cc2F)C1. The highest BCUT2D eigenvalue weighted by molar-refractivity contribution is 7.90. The summed E-state index contributed by atoms with van der Waals surface area (Å²) in [7, 11) is -3.33. The zero-order valence-corrected chi connectivity index (χ0v) is 13.6. The van der Waals surface area contributed by atoms with Gasteiger partial charge in [0, 0.05) is 25.3 Å². The molecule has 1 aromatic rings. The first-order chi connectivity index (χ1) is 9.79. The minimum Gasteiger partial charge on any atom is -0.353 e. The number of piperidine rings is 1. The molecule has 1 fully saturated rings. The lowest BCUT2D eigenvalue weighted by molar-refractivity contribution is 0.456. The van der Waals surface area contributed by atoms with Gasteiger partial charge in [0.25, 0.3) is 0 Å². The van der Waals surface area contributed by atoms with Crippen molar-refractivity contribution in [2.45, 2.75) is 38.0 Å². The van der Waals surface area contributed by atoms with Crippen LogP contribution in [0.2, 0.25) is 5.02 Å². The van der Waals surface area contributed by atoms with E-state index in [1.165, 1.54) is 12.3 Å². The number of sulfonamides is 1. The van der Waals surface area contributed by atoms with Gasteiger partial charge in [-0.3, -0.25) is 0 Å². The Morgan fingerprint density at radius 1 is 1.52 bits per heavy atom. The lowest BCUT2D eigenvalue weighted by Crippen LogP contribution is -2.49. The Hall–Kier alpha value is -0.920. The van der Waals surface area contributed by atoms with Crippen LogP contribution in [-0.2, 0) is 10.0 Å². The van der Waals surface area contributed by atoms with Gasteiger partial charge in [0.15, 0.2) is 11.6 Å². The molecule has 1 unspecified atom stereocenters. The van der Waals surface area contributed by atoms with Crippen molar-refractivity contribution in [3.05, 3.63) is 23.1 Å². The quantitative estimate of drug-likeness (QED) is 0.916. The monoisotopic (exact) mass is 335 g/mol. The first-order valence-corrected chi connectivity index (χ1v) is 8.79. The van der Waals surface area contributed by atoms with E-state index in [4.69, 9.17) is 11.6 Å². The Bertz CT molecular complexity index is 609. The van der Waals surface area contributed by atoms with Crippen molar-refractivity contribution in [2.24, 2.45) is 0 Å². The van der Waals surface area contributed by atoms with Crippen LogP contribution >= 0.6 is 11.6 Å². The molecule has 0 spiro atoms. The molecule has 0 aliphatic carbocycles. The topological polar surface area (TPSA) is 62.3 Å².